The molecule has 1 atom stereocenters. The first kappa shape index (κ1) is 18.6. The topological polar surface area (TPSA) is 65.2 Å². The first-order valence-electron chi connectivity index (χ1n) is 9.01. The number of aromatic nitrogens is 1. The predicted molar refractivity (Wildman–Crippen MR) is 110 cm³/mol. The molecule has 2 N–H and O–H groups in total. The summed E-state index contributed by atoms with van der Waals surface area (Å²) in [6.07, 6.45) is 2.08. The fourth-order valence-corrected chi connectivity index (χ4v) is 4.59. The number of nitrogens with zero attached hydrogens (tertiary/aromatic N) is 1. The van der Waals surface area contributed by atoms with Gasteiger partial charge in [-0.1, -0.05) is 18.2 Å². The summed E-state index contributed by atoms with van der Waals surface area (Å²) >= 11 is 1.54. The number of halogens is 1. The molecule has 7 heteroatoms. The van der Waals surface area contributed by atoms with Gasteiger partial charge in [-0.15, -0.1) is 11.8 Å². The van der Waals surface area contributed by atoms with Crippen LogP contribution in [0.3, 0.4) is 0 Å². The van der Waals surface area contributed by atoms with Gasteiger partial charge in [-0.25, -0.2) is 4.39 Å². The van der Waals surface area contributed by atoms with Crippen molar-refractivity contribution in [2.45, 2.75) is 19.4 Å². The summed E-state index contributed by atoms with van der Waals surface area (Å²) in [5, 5.41) is 3.73. The summed E-state index contributed by atoms with van der Waals surface area (Å²) in [7, 11) is 0. The number of benzene rings is 2. The molecule has 1 fully saturated rings. The van der Waals surface area contributed by atoms with Crippen LogP contribution in [0.2, 0.25) is 0 Å². The van der Waals surface area contributed by atoms with E-state index < -0.39 is 11.9 Å². The lowest BCUT2D eigenvalue weighted by molar-refractivity contribution is -0.135. The normalized spacial score (nSPS) is 16.5. The van der Waals surface area contributed by atoms with Crippen LogP contribution in [0.1, 0.15) is 11.1 Å². The Kier molecular flexibility index (Phi) is 5.09. The van der Waals surface area contributed by atoms with E-state index in [4.69, 9.17) is 0 Å². The Morgan fingerprint density at radius 1 is 1.29 bits per heavy atom. The molecule has 4 rings (SSSR count). The maximum atomic E-state index is 13.3. The van der Waals surface area contributed by atoms with Crippen molar-refractivity contribution < 1.29 is 14.0 Å². The molecule has 0 bridgehead atoms. The van der Waals surface area contributed by atoms with Crippen molar-refractivity contribution >= 4 is 40.2 Å². The highest BCUT2D eigenvalue weighted by molar-refractivity contribution is 7.99. The van der Waals surface area contributed by atoms with Crippen molar-refractivity contribution in [3.63, 3.8) is 0 Å². The van der Waals surface area contributed by atoms with E-state index in [0.717, 1.165) is 22.0 Å². The molecule has 0 spiro atoms. The third-order valence-electron chi connectivity index (χ3n) is 4.86. The number of thioether (sulfide) groups is 1. The van der Waals surface area contributed by atoms with E-state index in [-0.39, 0.29) is 18.2 Å². The van der Waals surface area contributed by atoms with Gasteiger partial charge in [0.2, 0.25) is 11.8 Å². The number of carbonyl (C=O) groups excluding carboxylic acids is 2. The molecule has 1 aliphatic rings. The summed E-state index contributed by atoms with van der Waals surface area (Å²) in [6.45, 7) is 2.02. The zero-order valence-corrected chi connectivity index (χ0v) is 16.2. The average molecular weight is 397 g/mol. The van der Waals surface area contributed by atoms with E-state index in [1.165, 1.54) is 18.2 Å². The van der Waals surface area contributed by atoms with Gasteiger partial charge in [0.15, 0.2) is 0 Å². The molecule has 1 unspecified atom stereocenters. The van der Waals surface area contributed by atoms with Gasteiger partial charge in [0.25, 0.3) is 0 Å². The first-order valence-corrected chi connectivity index (χ1v) is 10.2. The number of carbonyl (C=O) groups is 2. The van der Waals surface area contributed by atoms with E-state index in [1.54, 1.807) is 22.7 Å². The van der Waals surface area contributed by atoms with Crippen molar-refractivity contribution in [2.75, 3.05) is 16.9 Å². The Bertz CT molecular complexity index is 1050. The number of H-pyrrole nitrogens is 1. The standard InChI is InChI=1S/C21H20FN3O2S/c1-13-5-6-17-14(10-23-18(17)7-13)8-20(26)25-12-28-11-19(25)21(27)24-16-4-2-3-15(22)9-16/h2-7,9-10,19,23H,8,11-12H2,1H3,(H,24,27). The van der Waals surface area contributed by atoms with Gasteiger partial charge in [-0.2, -0.15) is 0 Å². The second-order valence-electron chi connectivity index (χ2n) is 6.92. The number of amides is 2. The summed E-state index contributed by atoms with van der Waals surface area (Å²) in [5.74, 6) is 0.201. The molecule has 1 aromatic heterocycles. The Morgan fingerprint density at radius 2 is 2.14 bits per heavy atom. The van der Waals surface area contributed by atoms with Crippen molar-refractivity contribution in [3.05, 3.63) is 65.6 Å². The lowest BCUT2D eigenvalue weighted by Gasteiger charge is -2.23. The van der Waals surface area contributed by atoms with Crippen molar-refractivity contribution in [1.82, 2.24) is 9.88 Å². The van der Waals surface area contributed by atoms with Crippen LogP contribution in [0, 0.1) is 12.7 Å². The molecule has 0 saturated carbocycles. The molecular formula is C21H20FN3O2S. The third-order valence-corrected chi connectivity index (χ3v) is 5.87. The molecule has 144 valence electrons. The molecule has 5 nitrogen and oxygen atoms in total. The van der Waals surface area contributed by atoms with E-state index in [0.29, 0.717) is 17.3 Å². The number of hydrogen-bond donors (Lipinski definition) is 2. The van der Waals surface area contributed by atoms with Gasteiger partial charge in [0.05, 0.1) is 12.3 Å². The van der Waals surface area contributed by atoms with E-state index in [1.807, 2.05) is 31.3 Å². The smallest absolute Gasteiger partial charge is 0.248 e. The number of aryl methyl sites for hydroxylation is 1. The highest BCUT2D eigenvalue weighted by Gasteiger charge is 2.34. The van der Waals surface area contributed by atoms with Crippen LogP contribution in [-0.2, 0) is 16.0 Å². The van der Waals surface area contributed by atoms with Gasteiger partial charge >= 0.3 is 0 Å². The highest BCUT2D eigenvalue weighted by atomic mass is 32.2. The number of anilines is 1. The Labute approximate surface area is 166 Å². The van der Waals surface area contributed by atoms with E-state index in [9.17, 15) is 14.0 Å². The minimum atomic E-state index is -0.562. The van der Waals surface area contributed by atoms with Crippen LogP contribution >= 0.6 is 11.8 Å². The van der Waals surface area contributed by atoms with E-state index >= 15 is 0 Å². The predicted octanol–water partition coefficient (Wildman–Crippen LogP) is 3.70. The Hall–Kier alpha value is -2.80. The van der Waals surface area contributed by atoms with Crippen LogP contribution in [0.25, 0.3) is 10.9 Å². The average Bonchev–Trinajstić information content (AvgIpc) is 3.29. The SMILES string of the molecule is Cc1ccc2c(CC(=O)N3CSCC3C(=O)Nc3cccc(F)c3)c[nH]c2c1. The maximum absolute atomic E-state index is 13.3. The molecule has 0 radical (unpaired) electrons. The fraction of sp³-hybridized carbons (Fsp3) is 0.238. The summed E-state index contributed by atoms with van der Waals surface area (Å²) in [4.78, 5) is 30.4. The Morgan fingerprint density at radius 3 is 2.96 bits per heavy atom. The minimum Gasteiger partial charge on any atom is -0.361 e. The van der Waals surface area contributed by atoms with Crippen molar-refractivity contribution in [1.29, 1.82) is 0 Å². The van der Waals surface area contributed by atoms with Gasteiger partial charge in [-0.05, 0) is 42.3 Å². The number of fused-ring (bicyclic) bond motifs is 1. The monoisotopic (exact) mass is 397 g/mol. The van der Waals surface area contributed by atoms with Crippen molar-refractivity contribution in [2.24, 2.45) is 0 Å². The second-order valence-corrected chi connectivity index (χ2v) is 7.92. The zero-order chi connectivity index (χ0) is 19.7. The lowest BCUT2D eigenvalue weighted by Crippen LogP contribution is -2.45. The number of nitrogens with one attached hydrogen (secondary N) is 2. The number of rotatable bonds is 4. The lowest BCUT2D eigenvalue weighted by atomic mass is 10.1. The van der Waals surface area contributed by atoms with Crippen LogP contribution in [0.5, 0.6) is 0 Å². The van der Waals surface area contributed by atoms with Crippen LogP contribution < -0.4 is 5.32 Å². The maximum Gasteiger partial charge on any atom is 0.248 e. The zero-order valence-electron chi connectivity index (χ0n) is 15.4. The van der Waals surface area contributed by atoms with Crippen LogP contribution in [-0.4, -0.2) is 39.4 Å². The van der Waals surface area contributed by atoms with Crippen LogP contribution in [0.4, 0.5) is 10.1 Å². The molecule has 1 aliphatic heterocycles. The molecule has 3 aromatic rings. The largest absolute Gasteiger partial charge is 0.361 e. The number of aromatic amines is 1. The Balaban J connectivity index is 1.47. The quantitative estimate of drug-likeness (QED) is 0.706. The molecule has 1 saturated heterocycles. The summed E-state index contributed by atoms with van der Waals surface area (Å²) in [6, 6.07) is 11.3. The molecule has 28 heavy (non-hydrogen) atoms. The van der Waals surface area contributed by atoms with Crippen molar-refractivity contribution in [3.8, 4) is 0 Å². The minimum absolute atomic E-state index is 0.0918. The fourth-order valence-electron chi connectivity index (χ4n) is 3.41. The van der Waals surface area contributed by atoms with Gasteiger partial charge in [0, 0.05) is 28.5 Å². The second kappa shape index (κ2) is 7.67. The van der Waals surface area contributed by atoms with Gasteiger partial charge < -0.3 is 15.2 Å². The molecule has 2 aromatic carbocycles. The first-order chi connectivity index (χ1) is 13.5. The number of hydrogen-bond acceptors (Lipinski definition) is 3. The third kappa shape index (κ3) is 3.75. The summed E-state index contributed by atoms with van der Waals surface area (Å²) < 4.78 is 13.3. The van der Waals surface area contributed by atoms with Gasteiger partial charge in [0.1, 0.15) is 11.9 Å². The highest BCUT2D eigenvalue weighted by Crippen LogP contribution is 2.25. The molecule has 0 aliphatic carbocycles. The van der Waals surface area contributed by atoms with Gasteiger partial charge in [-0.3, -0.25) is 9.59 Å². The molecular weight excluding hydrogens is 377 g/mol. The van der Waals surface area contributed by atoms with Crippen LogP contribution in [0.15, 0.2) is 48.7 Å². The molecule has 2 amide bonds. The molecule has 2 heterocycles. The summed E-state index contributed by atoms with van der Waals surface area (Å²) in [5.41, 5.74) is 3.46. The van der Waals surface area contributed by atoms with E-state index in [2.05, 4.69) is 10.3 Å².